The molecule has 2 aromatic rings. The first-order chi connectivity index (χ1) is 10.9. The SMILES string of the molecule is Cc1cc(NC(=O)c2cc(O)cc(OC(CF)CF)c2)nn1C. The van der Waals surface area contributed by atoms with Crippen LogP contribution in [0.5, 0.6) is 11.5 Å². The molecule has 0 saturated heterocycles. The number of aromatic hydroxyl groups is 1. The summed E-state index contributed by atoms with van der Waals surface area (Å²) in [5.74, 6) is -0.416. The van der Waals surface area contributed by atoms with Crippen LogP contribution in [0.1, 0.15) is 16.1 Å². The van der Waals surface area contributed by atoms with E-state index in [4.69, 9.17) is 4.74 Å². The number of ether oxygens (including phenoxy) is 1. The number of phenolic OH excluding ortho intramolecular Hbond substituents is 1. The Morgan fingerprint density at radius 2 is 2.04 bits per heavy atom. The van der Waals surface area contributed by atoms with Crippen molar-refractivity contribution in [2.75, 3.05) is 18.7 Å². The van der Waals surface area contributed by atoms with Crippen molar-refractivity contribution in [2.45, 2.75) is 13.0 Å². The van der Waals surface area contributed by atoms with Gasteiger partial charge in [-0.05, 0) is 19.1 Å². The summed E-state index contributed by atoms with van der Waals surface area (Å²) < 4.78 is 31.7. The molecule has 2 rings (SSSR count). The number of aryl methyl sites for hydroxylation is 2. The molecule has 0 spiro atoms. The van der Waals surface area contributed by atoms with Crippen molar-refractivity contribution in [1.29, 1.82) is 0 Å². The van der Waals surface area contributed by atoms with Crippen molar-refractivity contribution in [2.24, 2.45) is 7.05 Å². The molecule has 2 N–H and O–H groups in total. The summed E-state index contributed by atoms with van der Waals surface area (Å²) in [6, 6.07) is 5.38. The zero-order chi connectivity index (χ0) is 17.0. The first-order valence-corrected chi connectivity index (χ1v) is 6.87. The van der Waals surface area contributed by atoms with Gasteiger partial charge in [0, 0.05) is 30.4 Å². The van der Waals surface area contributed by atoms with Gasteiger partial charge in [-0.2, -0.15) is 5.10 Å². The maximum Gasteiger partial charge on any atom is 0.257 e. The largest absolute Gasteiger partial charge is 0.508 e. The molecule has 0 bridgehead atoms. The number of halogens is 2. The normalized spacial score (nSPS) is 10.8. The molecule has 0 atom stereocenters. The maximum atomic E-state index is 12.5. The highest BCUT2D eigenvalue weighted by atomic mass is 19.1. The van der Waals surface area contributed by atoms with Crippen LogP contribution < -0.4 is 10.1 Å². The van der Waals surface area contributed by atoms with E-state index < -0.39 is 25.4 Å². The number of anilines is 1. The molecular formula is C15H17F2N3O3. The van der Waals surface area contributed by atoms with Crippen molar-refractivity contribution < 1.29 is 23.4 Å². The Morgan fingerprint density at radius 1 is 1.35 bits per heavy atom. The molecule has 0 fully saturated rings. The molecule has 0 aliphatic heterocycles. The highest BCUT2D eigenvalue weighted by molar-refractivity contribution is 6.04. The minimum Gasteiger partial charge on any atom is -0.508 e. The van der Waals surface area contributed by atoms with Gasteiger partial charge in [0.15, 0.2) is 11.9 Å². The van der Waals surface area contributed by atoms with Crippen LogP contribution in [0.25, 0.3) is 0 Å². The van der Waals surface area contributed by atoms with Crippen molar-refractivity contribution >= 4 is 11.7 Å². The number of aromatic nitrogens is 2. The second kappa shape index (κ2) is 7.08. The van der Waals surface area contributed by atoms with Gasteiger partial charge in [0.05, 0.1) is 0 Å². The van der Waals surface area contributed by atoms with E-state index in [-0.39, 0.29) is 17.1 Å². The molecule has 0 unspecified atom stereocenters. The molecule has 1 aromatic carbocycles. The van der Waals surface area contributed by atoms with E-state index in [1.165, 1.54) is 18.2 Å². The van der Waals surface area contributed by atoms with Crippen LogP contribution in [0.15, 0.2) is 24.3 Å². The molecule has 1 amide bonds. The zero-order valence-electron chi connectivity index (χ0n) is 12.7. The number of carbonyl (C=O) groups excluding carboxylic acids is 1. The van der Waals surface area contributed by atoms with Gasteiger partial charge >= 0.3 is 0 Å². The van der Waals surface area contributed by atoms with E-state index in [0.717, 1.165) is 5.69 Å². The average Bonchev–Trinajstić information content (AvgIpc) is 2.82. The molecule has 1 aromatic heterocycles. The fourth-order valence-corrected chi connectivity index (χ4v) is 1.89. The Hall–Kier alpha value is -2.64. The first-order valence-electron chi connectivity index (χ1n) is 6.87. The Labute approximate surface area is 131 Å². The number of amides is 1. The lowest BCUT2D eigenvalue weighted by atomic mass is 10.2. The highest BCUT2D eigenvalue weighted by Gasteiger charge is 2.15. The van der Waals surface area contributed by atoms with E-state index >= 15 is 0 Å². The van der Waals surface area contributed by atoms with Gasteiger partial charge in [0.25, 0.3) is 5.91 Å². The monoisotopic (exact) mass is 325 g/mol. The van der Waals surface area contributed by atoms with Crippen LogP contribution >= 0.6 is 0 Å². The fraction of sp³-hybridized carbons (Fsp3) is 0.333. The minimum atomic E-state index is -1.27. The molecule has 0 aliphatic carbocycles. The lowest BCUT2D eigenvalue weighted by Crippen LogP contribution is -2.21. The van der Waals surface area contributed by atoms with Crippen molar-refractivity contribution in [1.82, 2.24) is 9.78 Å². The number of rotatable bonds is 6. The Bertz CT molecular complexity index is 680. The lowest BCUT2D eigenvalue weighted by Gasteiger charge is -2.13. The van der Waals surface area contributed by atoms with E-state index in [1.807, 2.05) is 6.92 Å². The number of alkyl halides is 2. The standard InChI is InChI=1S/C15H17F2N3O3/c1-9-3-14(19-20(9)2)18-15(22)10-4-11(21)6-12(5-10)23-13(7-16)8-17/h3-6,13,21H,7-8H2,1-2H3,(H,18,19,22). The van der Waals surface area contributed by atoms with E-state index in [0.29, 0.717) is 5.82 Å². The summed E-state index contributed by atoms with van der Waals surface area (Å²) in [6.45, 7) is -0.196. The minimum absolute atomic E-state index is 0.00708. The number of nitrogens with one attached hydrogen (secondary N) is 1. The predicted molar refractivity (Wildman–Crippen MR) is 80.4 cm³/mol. The third-order valence-electron chi connectivity index (χ3n) is 3.16. The van der Waals surface area contributed by atoms with Crippen molar-refractivity contribution in [3.05, 3.63) is 35.5 Å². The molecule has 23 heavy (non-hydrogen) atoms. The van der Waals surface area contributed by atoms with Gasteiger partial charge in [-0.1, -0.05) is 0 Å². The van der Waals surface area contributed by atoms with Crippen LogP contribution in [0, 0.1) is 6.92 Å². The molecule has 0 radical (unpaired) electrons. The second-order valence-corrected chi connectivity index (χ2v) is 5.01. The summed E-state index contributed by atoms with van der Waals surface area (Å²) in [5.41, 5.74) is 0.939. The number of nitrogens with zero attached hydrogens (tertiary/aromatic N) is 2. The van der Waals surface area contributed by atoms with Crippen molar-refractivity contribution in [3.8, 4) is 11.5 Å². The molecule has 1 heterocycles. The summed E-state index contributed by atoms with van der Waals surface area (Å²) in [4.78, 5) is 12.2. The van der Waals surface area contributed by atoms with E-state index in [1.54, 1.807) is 17.8 Å². The van der Waals surface area contributed by atoms with Crippen LogP contribution in [-0.4, -0.2) is 40.2 Å². The lowest BCUT2D eigenvalue weighted by molar-refractivity contribution is 0.102. The third kappa shape index (κ3) is 4.18. The Morgan fingerprint density at radius 3 is 2.61 bits per heavy atom. The molecular weight excluding hydrogens is 308 g/mol. The number of hydrogen-bond donors (Lipinski definition) is 2. The zero-order valence-corrected chi connectivity index (χ0v) is 12.7. The molecule has 124 valence electrons. The Balaban J connectivity index is 2.17. The van der Waals surface area contributed by atoms with E-state index in [9.17, 15) is 18.7 Å². The Kier molecular flexibility index (Phi) is 5.15. The number of hydrogen-bond acceptors (Lipinski definition) is 4. The summed E-state index contributed by atoms with van der Waals surface area (Å²) >= 11 is 0. The molecule has 0 saturated carbocycles. The maximum absolute atomic E-state index is 12.5. The third-order valence-corrected chi connectivity index (χ3v) is 3.16. The number of phenols is 1. The quantitative estimate of drug-likeness (QED) is 0.855. The van der Waals surface area contributed by atoms with E-state index in [2.05, 4.69) is 10.4 Å². The van der Waals surface area contributed by atoms with Gasteiger partial charge < -0.3 is 15.2 Å². The van der Waals surface area contributed by atoms with Crippen LogP contribution in [-0.2, 0) is 7.05 Å². The summed E-state index contributed by atoms with van der Waals surface area (Å²) in [7, 11) is 1.74. The fourth-order valence-electron chi connectivity index (χ4n) is 1.89. The summed E-state index contributed by atoms with van der Waals surface area (Å²) in [6.07, 6.45) is -1.27. The van der Waals surface area contributed by atoms with Gasteiger partial charge in [-0.3, -0.25) is 9.48 Å². The first kappa shape index (κ1) is 16.7. The highest BCUT2D eigenvalue weighted by Crippen LogP contribution is 2.24. The average molecular weight is 325 g/mol. The predicted octanol–water partition coefficient (Wildman–Crippen LogP) is 2.37. The van der Waals surface area contributed by atoms with Crippen LogP contribution in [0.2, 0.25) is 0 Å². The molecule has 8 heteroatoms. The van der Waals surface area contributed by atoms with Gasteiger partial charge in [-0.15, -0.1) is 0 Å². The van der Waals surface area contributed by atoms with Crippen LogP contribution in [0.4, 0.5) is 14.6 Å². The van der Waals surface area contributed by atoms with Crippen molar-refractivity contribution in [3.63, 3.8) is 0 Å². The van der Waals surface area contributed by atoms with Gasteiger partial charge in [0.2, 0.25) is 0 Å². The molecule has 6 nitrogen and oxygen atoms in total. The molecule has 0 aliphatic rings. The smallest absolute Gasteiger partial charge is 0.257 e. The topological polar surface area (TPSA) is 76.4 Å². The number of benzene rings is 1. The number of carbonyl (C=O) groups is 1. The second-order valence-electron chi connectivity index (χ2n) is 5.01. The van der Waals surface area contributed by atoms with Gasteiger partial charge in [-0.25, -0.2) is 8.78 Å². The summed E-state index contributed by atoms with van der Waals surface area (Å²) in [5, 5.41) is 16.3. The van der Waals surface area contributed by atoms with Gasteiger partial charge in [0.1, 0.15) is 24.8 Å². The van der Waals surface area contributed by atoms with Crippen LogP contribution in [0.3, 0.4) is 0 Å².